The molecule has 0 radical (unpaired) electrons. The Bertz CT molecular complexity index is 1010. The van der Waals surface area contributed by atoms with Crippen molar-refractivity contribution in [3.8, 4) is 0 Å². The Labute approximate surface area is 193 Å². The lowest BCUT2D eigenvalue weighted by atomic mass is 9.47. The summed E-state index contributed by atoms with van der Waals surface area (Å²) < 4.78 is 0. The lowest BCUT2D eigenvalue weighted by Crippen LogP contribution is -2.61. The van der Waals surface area contributed by atoms with Gasteiger partial charge < -0.3 is 15.3 Å². The maximum Gasteiger partial charge on any atom is 0.228 e. The second kappa shape index (κ2) is 7.52. The molecule has 6 nitrogen and oxygen atoms in total. The van der Waals surface area contributed by atoms with Gasteiger partial charge in [0.25, 0.3) is 0 Å². The van der Waals surface area contributed by atoms with E-state index in [9.17, 15) is 9.90 Å². The number of carbonyl (C=O) groups excluding carboxylic acids is 1. The van der Waals surface area contributed by atoms with Crippen molar-refractivity contribution < 1.29 is 9.90 Å². The number of nitrogens with one attached hydrogen (secondary N) is 1. The van der Waals surface area contributed by atoms with Crippen LogP contribution in [0.15, 0.2) is 24.4 Å². The molecule has 0 aromatic carbocycles. The molecule has 2 aromatic rings. The molecule has 5 aliphatic rings. The number of piperidine rings is 1. The summed E-state index contributed by atoms with van der Waals surface area (Å²) in [6, 6.07) is 6.14. The Morgan fingerprint density at radius 2 is 1.94 bits per heavy atom. The number of aromatic nitrogens is 2. The van der Waals surface area contributed by atoms with Crippen LogP contribution >= 0.6 is 11.3 Å². The van der Waals surface area contributed by atoms with Gasteiger partial charge in [-0.2, -0.15) is 0 Å². The third-order valence-electron chi connectivity index (χ3n) is 8.31. The van der Waals surface area contributed by atoms with Gasteiger partial charge in [-0.15, -0.1) is 11.3 Å². The monoisotopic (exact) mass is 452 g/mol. The summed E-state index contributed by atoms with van der Waals surface area (Å²) in [6.07, 6.45) is 9.50. The van der Waals surface area contributed by atoms with Crippen molar-refractivity contribution in [1.29, 1.82) is 0 Å². The molecule has 2 unspecified atom stereocenters. The van der Waals surface area contributed by atoms with Crippen LogP contribution in [0.2, 0.25) is 0 Å². The van der Waals surface area contributed by atoms with Crippen LogP contribution in [0, 0.1) is 24.2 Å². The van der Waals surface area contributed by atoms with E-state index in [4.69, 9.17) is 4.98 Å². The molecule has 5 fully saturated rings. The fourth-order valence-corrected chi connectivity index (χ4v) is 8.12. The number of nitrogens with zero attached hydrogens (tertiary/aromatic N) is 3. The van der Waals surface area contributed by atoms with Gasteiger partial charge >= 0.3 is 0 Å². The molecule has 2 N–H and O–H groups in total. The minimum absolute atomic E-state index is 0.292. The second-order valence-corrected chi connectivity index (χ2v) is 12.1. The average molecular weight is 453 g/mol. The third-order valence-corrected chi connectivity index (χ3v) is 9.14. The number of hydrogen-bond donors (Lipinski definition) is 2. The molecule has 170 valence electrons. The van der Waals surface area contributed by atoms with Gasteiger partial charge in [0.2, 0.25) is 5.91 Å². The van der Waals surface area contributed by atoms with Crippen LogP contribution in [0.3, 0.4) is 0 Å². The zero-order chi connectivity index (χ0) is 21.9. The predicted molar refractivity (Wildman–Crippen MR) is 125 cm³/mol. The Hall–Kier alpha value is -1.99. The molecule has 4 bridgehead atoms. The molecule has 2 atom stereocenters. The first-order valence-corrected chi connectivity index (χ1v) is 12.9. The predicted octanol–water partition coefficient (Wildman–Crippen LogP) is 4.63. The van der Waals surface area contributed by atoms with Crippen molar-refractivity contribution >= 4 is 28.2 Å². The van der Waals surface area contributed by atoms with Gasteiger partial charge in [-0.3, -0.25) is 4.79 Å². The minimum atomic E-state index is -0.578. The standard InChI is InChI=1S/C25H32N4O2S/c1-16-14-26-23(32-16)28-21-4-2-3-20(27-21)19-5-7-29(8-6-19)22(30)24-10-17-9-18(11-24)13-25(31,12-17)15-24/h2-4,14,17-19,31H,5-13,15H2,1H3,(H,26,27,28). The van der Waals surface area contributed by atoms with E-state index in [0.717, 1.165) is 68.3 Å². The van der Waals surface area contributed by atoms with Gasteiger partial charge in [0.05, 0.1) is 11.0 Å². The summed E-state index contributed by atoms with van der Waals surface area (Å²) >= 11 is 1.63. The van der Waals surface area contributed by atoms with Gasteiger partial charge in [0.1, 0.15) is 5.82 Å². The van der Waals surface area contributed by atoms with E-state index in [-0.39, 0.29) is 5.41 Å². The first-order chi connectivity index (χ1) is 15.4. The molecule has 4 aliphatic carbocycles. The number of pyridine rings is 1. The highest BCUT2D eigenvalue weighted by Gasteiger charge is 2.60. The maximum absolute atomic E-state index is 13.7. The van der Waals surface area contributed by atoms with E-state index in [1.165, 1.54) is 11.3 Å². The molecule has 0 spiro atoms. The molecular weight excluding hydrogens is 420 g/mol. The quantitative estimate of drug-likeness (QED) is 0.707. The van der Waals surface area contributed by atoms with Crippen molar-refractivity contribution in [3.63, 3.8) is 0 Å². The number of anilines is 2. The fourth-order valence-electron chi connectivity index (χ4n) is 7.45. The Balaban J connectivity index is 1.11. The van der Waals surface area contributed by atoms with Gasteiger partial charge in [-0.1, -0.05) is 6.07 Å². The van der Waals surface area contributed by atoms with Crippen molar-refractivity contribution in [2.45, 2.75) is 69.8 Å². The van der Waals surface area contributed by atoms with Crippen molar-refractivity contribution in [1.82, 2.24) is 14.9 Å². The van der Waals surface area contributed by atoms with Crippen molar-refractivity contribution in [2.75, 3.05) is 18.4 Å². The molecule has 3 heterocycles. The largest absolute Gasteiger partial charge is 0.390 e. The highest BCUT2D eigenvalue weighted by atomic mass is 32.1. The van der Waals surface area contributed by atoms with Crippen LogP contribution in [0.1, 0.15) is 67.9 Å². The second-order valence-electron chi connectivity index (χ2n) is 10.9. The third kappa shape index (κ3) is 3.63. The van der Waals surface area contributed by atoms with E-state index in [2.05, 4.69) is 27.3 Å². The van der Waals surface area contributed by atoms with Gasteiger partial charge in [-0.25, -0.2) is 9.97 Å². The number of carbonyl (C=O) groups is 1. The molecule has 1 saturated heterocycles. The van der Waals surface area contributed by atoms with Gasteiger partial charge in [0, 0.05) is 35.8 Å². The highest BCUT2D eigenvalue weighted by molar-refractivity contribution is 7.15. The number of hydrogen-bond acceptors (Lipinski definition) is 6. The van der Waals surface area contributed by atoms with Crippen LogP contribution in [0.5, 0.6) is 0 Å². The number of rotatable bonds is 4. The van der Waals surface area contributed by atoms with E-state index < -0.39 is 5.60 Å². The van der Waals surface area contributed by atoms with Gasteiger partial charge in [0.15, 0.2) is 5.13 Å². The van der Waals surface area contributed by atoms with Crippen LogP contribution in [-0.4, -0.2) is 44.6 Å². The Morgan fingerprint density at radius 1 is 1.19 bits per heavy atom. The molecular formula is C25H32N4O2S. The summed E-state index contributed by atoms with van der Waals surface area (Å²) in [5.41, 5.74) is 0.227. The lowest BCUT2D eigenvalue weighted by molar-refractivity contribution is -0.186. The minimum Gasteiger partial charge on any atom is -0.390 e. The maximum atomic E-state index is 13.7. The van der Waals surface area contributed by atoms with Crippen LogP contribution in [0.25, 0.3) is 0 Å². The van der Waals surface area contributed by atoms with E-state index in [0.29, 0.717) is 30.1 Å². The summed E-state index contributed by atoms with van der Waals surface area (Å²) in [5.74, 6) is 2.62. The number of thiazole rings is 1. The van der Waals surface area contributed by atoms with Crippen molar-refractivity contribution in [2.24, 2.45) is 17.3 Å². The molecule has 2 aromatic heterocycles. The van der Waals surface area contributed by atoms with Crippen LogP contribution in [0.4, 0.5) is 10.9 Å². The van der Waals surface area contributed by atoms with Gasteiger partial charge in [-0.05, 0) is 82.3 Å². The van der Waals surface area contributed by atoms with Crippen molar-refractivity contribution in [3.05, 3.63) is 35.0 Å². The fraction of sp³-hybridized carbons (Fsp3) is 0.640. The lowest BCUT2D eigenvalue weighted by Gasteiger charge is -2.60. The molecule has 32 heavy (non-hydrogen) atoms. The Kier molecular flexibility index (Phi) is 4.84. The van der Waals surface area contributed by atoms with E-state index in [1.54, 1.807) is 11.3 Å². The molecule has 1 amide bonds. The summed E-state index contributed by atoms with van der Waals surface area (Å²) in [6.45, 7) is 3.64. The van der Waals surface area contributed by atoms with E-state index in [1.807, 2.05) is 19.2 Å². The molecule has 4 saturated carbocycles. The number of amides is 1. The number of likely N-dealkylation sites (tertiary alicyclic amines) is 1. The highest BCUT2D eigenvalue weighted by Crippen LogP contribution is 2.62. The SMILES string of the molecule is Cc1cnc(Nc2cccc(C3CCN(C(=O)C45CC6CC(CC(O)(C6)C4)C5)CC3)n2)s1. The number of aliphatic hydroxyl groups is 1. The average Bonchev–Trinajstić information content (AvgIpc) is 3.16. The first kappa shape index (κ1) is 20.6. The summed E-state index contributed by atoms with van der Waals surface area (Å²) in [5, 5.41) is 15.2. The molecule has 1 aliphatic heterocycles. The van der Waals surface area contributed by atoms with E-state index >= 15 is 0 Å². The van der Waals surface area contributed by atoms with Crippen LogP contribution in [-0.2, 0) is 4.79 Å². The van der Waals surface area contributed by atoms with Crippen LogP contribution < -0.4 is 5.32 Å². The smallest absolute Gasteiger partial charge is 0.228 e. The molecule has 7 rings (SSSR count). The zero-order valence-electron chi connectivity index (χ0n) is 18.7. The topological polar surface area (TPSA) is 78.4 Å². The first-order valence-electron chi connectivity index (χ1n) is 12.1. The normalized spacial score (nSPS) is 34.1. The Morgan fingerprint density at radius 3 is 2.59 bits per heavy atom. The summed E-state index contributed by atoms with van der Waals surface area (Å²) in [7, 11) is 0. The number of aryl methyl sites for hydroxylation is 1. The molecule has 7 heteroatoms. The zero-order valence-corrected chi connectivity index (χ0v) is 19.5. The summed E-state index contributed by atoms with van der Waals surface area (Å²) in [4.78, 5) is 26.2.